The maximum atomic E-state index is 5.59. The van der Waals surface area contributed by atoms with Gasteiger partial charge in [-0.3, -0.25) is 0 Å². The molecule has 0 amide bonds. The molecule has 0 saturated carbocycles. The van der Waals surface area contributed by atoms with Crippen molar-refractivity contribution in [2.75, 3.05) is 26.8 Å². The number of hydrogen-bond donors (Lipinski definition) is 1. The fourth-order valence-corrected chi connectivity index (χ4v) is 3.17. The molecule has 14 heavy (non-hydrogen) atoms. The Kier molecular flexibility index (Phi) is 11.3. The molecule has 0 bridgehead atoms. The van der Waals surface area contributed by atoms with Gasteiger partial charge in [-0.2, -0.15) is 0 Å². The molecule has 0 unspecified atom stereocenters. The predicted octanol–water partition coefficient (Wildman–Crippen LogP) is 1.67. The SMILES string of the molecule is CCO[SiH](CCCCCNC)OCC. The van der Waals surface area contributed by atoms with Crippen molar-refractivity contribution in [2.45, 2.75) is 39.2 Å². The molecule has 0 fully saturated rings. The van der Waals surface area contributed by atoms with Crippen LogP contribution in [0.4, 0.5) is 0 Å². The lowest BCUT2D eigenvalue weighted by Gasteiger charge is -2.14. The highest BCUT2D eigenvalue weighted by Crippen LogP contribution is 2.06. The summed E-state index contributed by atoms with van der Waals surface area (Å²) in [6.07, 6.45) is 3.79. The topological polar surface area (TPSA) is 30.5 Å². The largest absolute Gasteiger partial charge is 0.397 e. The second kappa shape index (κ2) is 11.2. The number of nitrogens with one attached hydrogen (secondary N) is 1. The maximum absolute atomic E-state index is 5.59. The van der Waals surface area contributed by atoms with Gasteiger partial charge in [-0.25, -0.2) is 0 Å². The molecule has 0 spiro atoms. The fraction of sp³-hybridized carbons (Fsp3) is 1.00. The number of rotatable bonds is 10. The summed E-state index contributed by atoms with van der Waals surface area (Å²) in [6.45, 7) is 6.80. The minimum absolute atomic E-state index is 0.799. The summed E-state index contributed by atoms with van der Waals surface area (Å²) in [5.74, 6) is 0. The Bertz CT molecular complexity index is 108. The number of unbranched alkanes of at least 4 members (excludes halogenated alkanes) is 2. The Hall–Kier alpha value is 0.0969. The van der Waals surface area contributed by atoms with Gasteiger partial charge >= 0.3 is 9.28 Å². The standard InChI is InChI=1S/C10H25NO2Si/c1-4-12-14(13-5-2)10-8-6-7-9-11-3/h11,14H,4-10H2,1-3H3. The van der Waals surface area contributed by atoms with Crippen molar-refractivity contribution >= 4 is 9.28 Å². The summed E-state index contributed by atoms with van der Waals surface area (Å²) in [7, 11) is 0.692. The van der Waals surface area contributed by atoms with E-state index in [1.54, 1.807) is 0 Å². The molecule has 0 aromatic heterocycles. The van der Waals surface area contributed by atoms with Crippen molar-refractivity contribution in [3.63, 3.8) is 0 Å². The molecule has 0 aliphatic rings. The Balaban J connectivity index is 3.30. The lowest BCUT2D eigenvalue weighted by molar-refractivity contribution is 0.212. The Morgan fingerprint density at radius 3 is 2.14 bits per heavy atom. The predicted molar refractivity (Wildman–Crippen MR) is 63.0 cm³/mol. The average molecular weight is 219 g/mol. The minimum atomic E-state index is -1.31. The first-order valence-electron chi connectivity index (χ1n) is 5.72. The van der Waals surface area contributed by atoms with Crippen LogP contribution in [0.5, 0.6) is 0 Å². The van der Waals surface area contributed by atoms with E-state index < -0.39 is 9.28 Å². The maximum Gasteiger partial charge on any atom is 0.321 e. The normalized spacial score (nSPS) is 11.1. The molecular weight excluding hydrogens is 194 g/mol. The van der Waals surface area contributed by atoms with E-state index in [0.29, 0.717) is 0 Å². The minimum Gasteiger partial charge on any atom is -0.397 e. The van der Waals surface area contributed by atoms with E-state index in [4.69, 9.17) is 8.85 Å². The van der Waals surface area contributed by atoms with Gasteiger partial charge in [-0.1, -0.05) is 12.8 Å². The van der Waals surface area contributed by atoms with E-state index in [1.807, 2.05) is 20.9 Å². The first-order valence-corrected chi connectivity index (χ1v) is 7.48. The first-order chi connectivity index (χ1) is 6.85. The van der Waals surface area contributed by atoms with Gasteiger partial charge in [0.2, 0.25) is 0 Å². The van der Waals surface area contributed by atoms with E-state index in [2.05, 4.69) is 5.32 Å². The van der Waals surface area contributed by atoms with Crippen molar-refractivity contribution < 1.29 is 8.85 Å². The summed E-state index contributed by atoms with van der Waals surface area (Å²) in [5.41, 5.74) is 0. The van der Waals surface area contributed by atoms with Crippen LogP contribution >= 0.6 is 0 Å². The van der Waals surface area contributed by atoms with E-state index in [1.165, 1.54) is 19.3 Å². The molecule has 4 heteroatoms. The molecule has 0 aromatic rings. The van der Waals surface area contributed by atoms with Crippen LogP contribution in [0.3, 0.4) is 0 Å². The average Bonchev–Trinajstić information content (AvgIpc) is 2.18. The van der Waals surface area contributed by atoms with Gasteiger partial charge in [0.15, 0.2) is 0 Å². The number of hydrogen-bond acceptors (Lipinski definition) is 3. The molecule has 0 aromatic carbocycles. The third-order valence-corrected chi connectivity index (χ3v) is 4.36. The molecule has 0 aliphatic carbocycles. The van der Waals surface area contributed by atoms with E-state index in [0.717, 1.165) is 25.8 Å². The van der Waals surface area contributed by atoms with Crippen molar-refractivity contribution in [3.8, 4) is 0 Å². The fourth-order valence-electron chi connectivity index (χ4n) is 1.38. The first kappa shape index (κ1) is 14.1. The molecule has 0 atom stereocenters. The van der Waals surface area contributed by atoms with Gasteiger partial charge in [-0.05, 0) is 39.9 Å². The zero-order chi connectivity index (χ0) is 10.6. The summed E-state index contributed by atoms with van der Waals surface area (Å²) >= 11 is 0. The van der Waals surface area contributed by atoms with Gasteiger partial charge in [0.25, 0.3) is 0 Å². The summed E-state index contributed by atoms with van der Waals surface area (Å²) in [6, 6.07) is 1.16. The van der Waals surface area contributed by atoms with E-state index in [9.17, 15) is 0 Å². The Labute approximate surface area is 90.0 Å². The highest BCUT2D eigenvalue weighted by Gasteiger charge is 2.10. The summed E-state index contributed by atoms with van der Waals surface area (Å²) in [5, 5.41) is 3.15. The summed E-state index contributed by atoms with van der Waals surface area (Å²) < 4.78 is 11.2. The van der Waals surface area contributed by atoms with Crippen molar-refractivity contribution in [2.24, 2.45) is 0 Å². The molecule has 3 nitrogen and oxygen atoms in total. The van der Waals surface area contributed by atoms with Gasteiger partial charge in [0.1, 0.15) is 0 Å². The molecule has 0 aliphatic heterocycles. The molecule has 0 heterocycles. The van der Waals surface area contributed by atoms with Crippen LogP contribution < -0.4 is 5.32 Å². The van der Waals surface area contributed by atoms with Crippen LogP contribution in [0.1, 0.15) is 33.1 Å². The second-order valence-electron chi connectivity index (χ2n) is 3.29. The van der Waals surface area contributed by atoms with Crippen LogP contribution in [-0.2, 0) is 8.85 Å². The molecule has 0 saturated heterocycles. The van der Waals surface area contributed by atoms with Crippen LogP contribution in [0.2, 0.25) is 6.04 Å². The third-order valence-electron chi connectivity index (χ3n) is 2.07. The monoisotopic (exact) mass is 219 g/mol. The summed E-state index contributed by atoms with van der Waals surface area (Å²) in [4.78, 5) is 0. The Morgan fingerprint density at radius 1 is 1.00 bits per heavy atom. The Morgan fingerprint density at radius 2 is 1.64 bits per heavy atom. The zero-order valence-corrected chi connectivity index (χ0v) is 11.0. The van der Waals surface area contributed by atoms with E-state index in [-0.39, 0.29) is 0 Å². The van der Waals surface area contributed by atoms with Crippen molar-refractivity contribution in [3.05, 3.63) is 0 Å². The molecular formula is C10H25NO2Si. The van der Waals surface area contributed by atoms with Gasteiger partial charge in [0.05, 0.1) is 0 Å². The quantitative estimate of drug-likeness (QED) is 0.448. The van der Waals surface area contributed by atoms with Crippen LogP contribution in [0.15, 0.2) is 0 Å². The highest BCUT2D eigenvalue weighted by molar-refractivity contribution is 6.44. The van der Waals surface area contributed by atoms with E-state index >= 15 is 0 Å². The van der Waals surface area contributed by atoms with Crippen molar-refractivity contribution in [1.29, 1.82) is 0 Å². The smallest absolute Gasteiger partial charge is 0.321 e. The zero-order valence-electron chi connectivity index (χ0n) is 9.84. The highest BCUT2D eigenvalue weighted by atomic mass is 28.3. The molecule has 1 N–H and O–H groups in total. The molecule has 0 radical (unpaired) electrons. The van der Waals surface area contributed by atoms with Crippen LogP contribution in [0, 0.1) is 0 Å². The van der Waals surface area contributed by atoms with Gasteiger partial charge in [0, 0.05) is 13.2 Å². The van der Waals surface area contributed by atoms with Crippen LogP contribution in [-0.4, -0.2) is 36.1 Å². The van der Waals surface area contributed by atoms with Crippen LogP contribution in [0.25, 0.3) is 0 Å². The molecule has 86 valence electrons. The second-order valence-corrected chi connectivity index (χ2v) is 5.40. The lowest BCUT2D eigenvalue weighted by Crippen LogP contribution is -2.22. The van der Waals surface area contributed by atoms with Gasteiger partial charge < -0.3 is 14.2 Å². The molecule has 0 rings (SSSR count). The van der Waals surface area contributed by atoms with Crippen molar-refractivity contribution in [1.82, 2.24) is 5.32 Å². The lowest BCUT2D eigenvalue weighted by atomic mass is 10.2. The van der Waals surface area contributed by atoms with Gasteiger partial charge in [-0.15, -0.1) is 0 Å². The third kappa shape index (κ3) is 8.68.